The summed E-state index contributed by atoms with van der Waals surface area (Å²) in [5.74, 6) is -0.798. The topological polar surface area (TPSA) is 90.0 Å². The van der Waals surface area contributed by atoms with Gasteiger partial charge in [-0.15, -0.1) is 0 Å². The lowest BCUT2D eigenvalue weighted by Gasteiger charge is -2.38. The Balaban J connectivity index is 1.70. The first kappa shape index (κ1) is 19.8. The smallest absolute Gasteiger partial charge is 0.282 e. The minimum absolute atomic E-state index is 0.114. The molecule has 1 aromatic rings. The van der Waals surface area contributed by atoms with Crippen LogP contribution in [0.15, 0.2) is 24.3 Å². The minimum Gasteiger partial charge on any atom is -0.340 e. The lowest BCUT2D eigenvalue weighted by Crippen LogP contribution is -2.55. The van der Waals surface area contributed by atoms with Gasteiger partial charge >= 0.3 is 0 Å². The monoisotopic (exact) mass is 394 g/mol. The van der Waals surface area contributed by atoms with Gasteiger partial charge in [-0.2, -0.15) is 17.0 Å². The van der Waals surface area contributed by atoms with Crippen molar-refractivity contribution in [1.82, 2.24) is 13.5 Å². The zero-order valence-corrected chi connectivity index (χ0v) is 16.5. The molecule has 9 heteroatoms. The van der Waals surface area contributed by atoms with Crippen molar-refractivity contribution in [1.29, 1.82) is 0 Å². The molecule has 0 radical (unpaired) electrons. The minimum atomic E-state index is -3.49. The number of hydrogen-bond donors (Lipinski definition) is 1. The number of fused-ring (bicyclic) bond motifs is 1. The van der Waals surface area contributed by atoms with Gasteiger partial charge in [-0.05, 0) is 11.6 Å². The standard InChI is InChI=1S/C18H26N4O4S/c1-3-21(4-2)27(25,26)22-11-9-20(10-12-22)18(24)15-13-17(23)19-16-8-6-5-7-14(15)16/h5-8,15H,3-4,9-13H2,1-2H3,(H,19,23). The van der Waals surface area contributed by atoms with Gasteiger partial charge in [0.2, 0.25) is 11.8 Å². The van der Waals surface area contributed by atoms with Crippen LogP contribution in [0, 0.1) is 0 Å². The van der Waals surface area contributed by atoms with E-state index in [9.17, 15) is 18.0 Å². The molecule has 0 bridgehead atoms. The molecule has 1 N–H and O–H groups in total. The van der Waals surface area contributed by atoms with Gasteiger partial charge in [-0.3, -0.25) is 9.59 Å². The zero-order chi connectivity index (χ0) is 19.6. The van der Waals surface area contributed by atoms with Crippen LogP contribution in [0.2, 0.25) is 0 Å². The fourth-order valence-corrected chi connectivity index (χ4v) is 5.31. The molecule has 1 saturated heterocycles. The van der Waals surface area contributed by atoms with E-state index in [0.717, 1.165) is 5.56 Å². The number of amides is 2. The molecule has 0 aromatic heterocycles. The average molecular weight is 394 g/mol. The summed E-state index contributed by atoms with van der Waals surface area (Å²) in [5.41, 5.74) is 1.50. The van der Waals surface area contributed by atoms with Crippen molar-refractivity contribution >= 4 is 27.7 Å². The lowest BCUT2D eigenvalue weighted by molar-refractivity contribution is -0.136. The third kappa shape index (κ3) is 3.85. The van der Waals surface area contributed by atoms with E-state index in [4.69, 9.17) is 0 Å². The maximum atomic E-state index is 13.0. The van der Waals surface area contributed by atoms with Gasteiger partial charge in [0.05, 0.1) is 5.92 Å². The van der Waals surface area contributed by atoms with Crippen LogP contribution in [0.1, 0.15) is 31.7 Å². The van der Waals surface area contributed by atoms with Gasteiger partial charge < -0.3 is 10.2 Å². The molecule has 2 amide bonds. The number of para-hydroxylation sites is 1. The summed E-state index contributed by atoms with van der Waals surface area (Å²) >= 11 is 0. The molecule has 1 aromatic carbocycles. The molecule has 1 fully saturated rings. The number of anilines is 1. The molecule has 2 heterocycles. The van der Waals surface area contributed by atoms with Crippen LogP contribution in [0.3, 0.4) is 0 Å². The van der Waals surface area contributed by atoms with E-state index in [1.54, 1.807) is 11.0 Å². The SMILES string of the molecule is CCN(CC)S(=O)(=O)N1CCN(C(=O)C2CC(=O)Nc3ccccc32)CC1. The van der Waals surface area contributed by atoms with Crippen LogP contribution < -0.4 is 5.32 Å². The molecule has 27 heavy (non-hydrogen) atoms. The van der Waals surface area contributed by atoms with Crippen LogP contribution in [0.5, 0.6) is 0 Å². The second-order valence-electron chi connectivity index (χ2n) is 6.71. The van der Waals surface area contributed by atoms with Gasteiger partial charge in [0.1, 0.15) is 0 Å². The van der Waals surface area contributed by atoms with Gasteiger partial charge in [-0.1, -0.05) is 32.0 Å². The molecule has 2 aliphatic rings. The number of piperazine rings is 1. The fourth-order valence-electron chi connectivity index (χ4n) is 3.70. The van der Waals surface area contributed by atoms with Crippen LogP contribution in [-0.2, 0) is 19.8 Å². The lowest BCUT2D eigenvalue weighted by atomic mass is 9.89. The van der Waals surface area contributed by atoms with Crippen molar-refractivity contribution in [3.8, 4) is 0 Å². The summed E-state index contributed by atoms with van der Waals surface area (Å²) in [5, 5.41) is 2.80. The van der Waals surface area contributed by atoms with E-state index in [1.807, 2.05) is 32.0 Å². The molecule has 1 atom stereocenters. The largest absolute Gasteiger partial charge is 0.340 e. The highest BCUT2D eigenvalue weighted by Gasteiger charge is 2.37. The van der Waals surface area contributed by atoms with Crippen LogP contribution in [-0.4, -0.2) is 73.0 Å². The summed E-state index contributed by atoms with van der Waals surface area (Å²) in [6.07, 6.45) is 0.119. The fraction of sp³-hybridized carbons (Fsp3) is 0.556. The van der Waals surface area contributed by atoms with E-state index in [0.29, 0.717) is 31.9 Å². The van der Waals surface area contributed by atoms with E-state index >= 15 is 0 Å². The Labute approximate surface area is 160 Å². The molecule has 0 spiro atoms. The Bertz CT molecular complexity index is 814. The molecular formula is C18H26N4O4S. The summed E-state index contributed by atoms with van der Waals surface area (Å²) in [7, 11) is -3.49. The van der Waals surface area contributed by atoms with Crippen molar-refractivity contribution in [3.05, 3.63) is 29.8 Å². The number of hydrogen-bond acceptors (Lipinski definition) is 4. The molecule has 148 valence electrons. The normalized spacial score (nSPS) is 21.1. The predicted octanol–water partition coefficient (Wildman–Crippen LogP) is 0.843. The number of rotatable bonds is 5. The Morgan fingerprint density at radius 2 is 1.78 bits per heavy atom. The van der Waals surface area contributed by atoms with Crippen LogP contribution in [0.4, 0.5) is 5.69 Å². The number of benzene rings is 1. The quantitative estimate of drug-likeness (QED) is 0.801. The van der Waals surface area contributed by atoms with Crippen LogP contribution >= 0.6 is 0 Å². The first-order chi connectivity index (χ1) is 12.9. The van der Waals surface area contributed by atoms with Gasteiger partial charge in [0, 0.05) is 51.4 Å². The van der Waals surface area contributed by atoms with E-state index in [2.05, 4.69) is 5.32 Å². The predicted molar refractivity (Wildman–Crippen MR) is 102 cm³/mol. The Hall–Kier alpha value is -1.97. The van der Waals surface area contributed by atoms with Gasteiger partial charge in [0.25, 0.3) is 10.2 Å². The van der Waals surface area contributed by atoms with Crippen molar-refractivity contribution in [2.24, 2.45) is 0 Å². The highest BCUT2D eigenvalue weighted by molar-refractivity contribution is 7.86. The highest BCUT2D eigenvalue weighted by Crippen LogP contribution is 2.33. The zero-order valence-electron chi connectivity index (χ0n) is 15.7. The maximum Gasteiger partial charge on any atom is 0.282 e. The third-order valence-corrected chi connectivity index (χ3v) is 7.39. The molecule has 2 aliphatic heterocycles. The third-order valence-electron chi connectivity index (χ3n) is 5.21. The van der Waals surface area contributed by atoms with E-state index in [-0.39, 0.29) is 31.3 Å². The Morgan fingerprint density at radius 3 is 2.41 bits per heavy atom. The molecular weight excluding hydrogens is 368 g/mol. The number of nitrogens with zero attached hydrogens (tertiary/aromatic N) is 3. The summed E-state index contributed by atoms with van der Waals surface area (Å²) < 4.78 is 28.1. The highest BCUT2D eigenvalue weighted by atomic mass is 32.2. The van der Waals surface area contributed by atoms with Gasteiger partial charge in [-0.25, -0.2) is 0 Å². The molecule has 0 aliphatic carbocycles. The summed E-state index contributed by atoms with van der Waals surface area (Å²) in [6, 6.07) is 7.33. The van der Waals surface area contributed by atoms with E-state index < -0.39 is 16.1 Å². The first-order valence-corrected chi connectivity index (χ1v) is 10.7. The van der Waals surface area contributed by atoms with Crippen molar-refractivity contribution in [2.75, 3.05) is 44.6 Å². The second kappa shape index (κ2) is 7.95. The molecule has 3 rings (SSSR count). The Morgan fingerprint density at radius 1 is 1.15 bits per heavy atom. The van der Waals surface area contributed by atoms with Gasteiger partial charge in [0.15, 0.2) is 0 Å². The second-order valence-corrected chi connectivity index (χ2v) is 8.64. The van der Waals surface area contributed by atoms with Crippen molar-refractivity contribution in [3.63, 3.8) is 0 Å². The van der Waals surface area contributed by atoms with Crippen molar-refractivity contribution < 1.29 is 18.0 Å². The maximum absolute atomic E-state index is 13.0. The first-order valence-electron chi connectivity index (χ1n) is 9.31. The molecule has 0 saturated carbocycles. The molecule has 1 unspecified atom stereocenters. The Kier molecular flexibility index (Phi) is 5.83. The molecule has 8 nitrogen and oxygen atoms in total. The number of carbonyl (C=O) groups is 2. The van der Waals surface area contributed by atoms with Crippen molar-refractivity contribution in [2.45, 2.75) is 26.2 Å². The van der Waals surface area contributed by atoms with Crippen LogP contribution in [0.25, 0.3) is 0 Å². The number of carbonyl (C=O) groups excluding carboxylic acids is 2. The average Bonchev–Trinajstić information content (AvgIpc) is 2.67. The summed E-state index contributed by atoms with van der Waals surface area (Å²) in [4.78, 5) is 26.7. The summed E-state index contributed by atoms with van der Waals surface area (Å²) in [6.45, 7) is 5.67. The number of nitrogens with one attached hydrogen (secondary N) is 1. The van der Waals surface area contributed by atoms with E-state index in [1.165, 1.54) is 8.61 Å².